The summed E-state index contributed by atoms with van der Waals surface area (Å²) in [4.78, 5) is 37.0. The van der Waals surface area contributed by atoms with Crippen molar-refractivity contribution in [3.63, 3.8) is 0 Å². The lowest BCUT2D eigenvalue weighted by Gasteiger charge is -2.22. The van der Waals surface area contributed by atoms with Crippen LogP contribution in [0.25, 0.3) is 11.1 Å². The van der Waals surface area contributed by atoms with Gasteiger partial charge in [0.2, 0.25) is 5.91 Å². The maximum Gasteiger partial charge on any atom is 0.407 e. The number of hydrogen-bond donors (Lipinski definition) is 3. The number of alkyl carbamates (subject to hydrolysis) is 1. The van der Waals surface area contributed by atoms with Crippen molar-refractivity contribution >= 4 is 29.7 Å². The molecule has 1 aliphatic rings. The van der Waals surface area contributed by atoms with Crippen molar-refractivity contribution in [2.75, 3.05) is 18.6 Å². The smallest absolute Gasteiger partial charge is 0.407 e. The zero-order valence-corrected chi connectivity index (χ0v) is 20.6. The minimum Gasteiger partial charge on any atom is -0.480 e. The van der Waals surface area contributed by atoms with Gasteiger partial charge in [0.15, 0.2) is 0 Å². The summed E-state index contributed by atoms with van der Waals surface area (Å²) in [5.74, 6) is -0.966. The Morgan fingerprint density at radius 1 is 0.971 bits per heavy atom. The van der Waals surface area contributed by atoms with Gasteiger partial charge in [-0.1, -0.05) is 62.4 Å². The normalized spacial score (nSPS) is 14.1. The lowest BCUT2D eigenvalue weighted by Crippen LogP contribution is -2.52. The van der Waals surface area contributed by atoms with Crippen LogP contribution in [0.5, 0.6) is 0 Å². The Hall–Kier alpha value is -3.00. The largest absolute Gasteiger partial charge is 0.480 e. The highest BCUT2D eigenvalue weighted by Gasteiger charge is 2.30. The summed E-state index contributed by atoms with van der Waals surface area (Å²) >= 11 is 1.54. The Morgan fingerprint density at radius 2 is 1.56 bits per heavy atom. The van der Waals surface area contributed by atoms with E-state index in [-0.39, 0.29) is 18.4 Å². The van der Waals surface area contributed by atoms with E-state index < -0.39 is 30.1 Å². The van der Waals surface area contributed by atoms with E-state index in [9.17, 15) is 19.5 Å². The monoisotopic (exact) mass is 484 g/mol. The average Bonchev–Trinajstić information content (AvgIpc) is 3.13. The van der Waals surface area contributed by atoms with Gasteiger partial charge in [-0.3, -0.25) is 4.79 Å². The molecule has 7 nitrogen and oxygen atoms in total. The molecule has 8 heteroatoms. The van der Waals surface area contributed by atoms with Crippen molar-refractivity contribution in [2.45, 2.75) is 44.7 Å². The van der Waals surface area contributed by atoms with Gasteiger partial charge in [0.05, 0.1) is 0 Å². The molecule has 0 saturated carbocycles. The number of carbonyl (C=O) groups is 3. The Balaban J connectivity index is 1.65. The lowest BCUT2D eigenvalue weighted by molar-refractivity contribution is -0.142. The zero-order chi connectivity index (χ0) is 24.7. The fourth-order valence-electron chi connectivity index (χ4n) is 4.25. The van der Waals surface area contributed by atoms with Gasteiger partial charge < -0.3 is 20.5 Å². The number of hydrogen-bond acceptors (Lipinski definition) is 5. The molecule has 0 radical (unpaired) electrons. The van der Waals surface area contributed by atoms with Crippen molar-refractivity contribution in [1.29, 1.82) is 0 Å². The van der Waals surface area contributed by atoms with Crippen LogP contribution in [-0.4, -0.2) is 53.8 Å². The predicted octanol–water partition coefficient (Wildman–Crippen LogP) is 4.26. The molecule has 1 unspecified atom stereocenters. The SMILES string of the molecule is CSCC[C@@H](NC(=O)OCC1c2ccccc2-c2ccccc21)C(=O)NC(CC(C)C)C(=O)O. The number of amides is 2. The van der Waals surface area contributed by atoms with E-state index in [0.29, 0.717) is 18.6 Å². The first-order valence-electron chi connectivity index (χ1n) is 11.5. The Morgan fingerprint density at radius 3 is 2.09 bits per heavy atom. The quantitative estimate of drug-likeness (QED) is 0.440. The van der Waals surface area contributed by atoms with Crippen LogP contribution in [-0.2, 0) is 14.3 Å². The second-order valence-electron chi connectivity index (χ2n) is 8.83. The van der Waals surface area contributed by atoms with Gasteiger partial charge in [0.25, 0.3) is 0 Å². The van der Waals surface area contributed by atoms with Crippen LogP contribution in [0, 0.1) is 5.92 Å². The minimum atomic E-state index is -1.09. The lowest BCUT2D eigenvalue weighted by atomic mass is 9.98. The second kappa shape index (κ2) is 11.9. The van der Waals surface area contributed by atoms with Crippen LogP contribution in [0.4, 0.5) is 4.79 Å². The molecule has 3 N–H and O–H groups in total. The molecule has 0 heterocycles. The molecule has 2 aromatic rings. The Bertz CT molecular complexity index is 980. The van der Waals surface area contributed by atoms with Crippen LogP contribution in [0.3, 0.4) is 0 Å². The number of benzene rings is 2. The van der Waals surface area contributed by atoms with Crippen molar-refractivity contribution < 1.29 is 24.2 Å². The number of rotatable bonds is 11. The molecule has 2 atom stereocenters. The average molecular weight is 485 g/mol. The maximum absolute atomic E-state index is 12.8. The van der Waals surface area contributed by atoms with Gasteiger partial charge in [-0.25, -0.2) is 9.59 Å². The van der Waals surface area contributed by atoms with E-state index >= 15 is 0 Å². The highest BCUT2D eigenvalue weighted by Crippen LogP contribution is 2.44. The van der Waals surface area contributed by atoms with E-state index in [1.807, 2.05) is 56.5 Å². The van der Waals surface area contributed by atoms with Crippen LogP contribution in [0.2, 0.25) is 0 Å². The number of fused-ring (bicyclic) bond motifs is 3. The standard InChI is InChI=1S/C26H32N2O5S/c1-16(2)14-23(25(30)31)27-24(29)22(12-13-34-3)28-26(32)33-15-21-19-10-6-4-8-17(19)18-9-5-7-11-20(18)21/h4-11,16,21-23H,12-15H2,1-3H3,(H,27,29)(H,28,32)(H,30,31)/t22-,23?/m1/s1. The van der Waals surface area contributed by atoms with Gasteiger partial charge in [-0.2, -0.15) is 11.8 Å². The fourth-order valence-corrected chi connectivity index (χ4v) is 4.72. The predicted molar refractivity (Wildman–Crippen MR) is 134 cm³/mol. The molecular weight excluding hydrogens is 452 g/mol. The number of ether oxygens (including phenoxy) is 1. The molecule has 2 aromatic carbocycles. The molecule has 0 spiro atoms. The molecule has 0 bridgehead atoms. The number of thioether (sulfide) groups is 1. The molecule has 34 heavy (non-hydrogen) atoms. The van der Waals surface area contributed by atoms with E-state index in [1.54, 1.807) is 11.8 Å². The van der Waals surface area contributed by atoms with Crippen molar-refractivity contribution in [3.05, 3.63) is 59.7 Å². The molecular formula is C26H32N2O5S. The highest BCUT2D eigenvalue weighted by atomic mass is 32.2. The summed E-state index contributed by atoms with van der Waals surface area (Å²) in [6, 6.07) is 14.2. The van der Waals surface area contributed by atoms with Crippen LogP contribution >= 0.6 is 11.8 Å². The van der Waals surface area contributed by atoms with E-state index in [1.165, 1.54) is 0 Å². The molecule has 3 rings (SSSR count). The number of aliphatic carboxylic acids is 1. The zero-order valence-electron chi connectivity index (χ0n) is 19.7. The van der Waals surface area contributed by atoms with Crippen molar-refractivity contribution in [2.24, 2.45) is 5.92 Å². The highest BCUT2D eigenvalue weighted by molar-refractivity contribution is 7.98. The summed E-state index contributed by atoms with van der Waals surface area (Å²) in [6.45, 7) is 3.92. The maximum atomic E-state index is 12.8. The minimum absolute atomic E-state index is 0.0842. The van der Waals surface area contributed by atoms with E-state index in [0.717, 1.165) is 22.3 Å². The molecule has 0 saturated heterocycles. The van der Waals surface area contributed by atoms with Gasteiger partial charge in [0, 0.05) is 5.92 Å². The fraction of sp³-hybridized carbons (Fsp3) is 0.423. The second-order valence-corrected chi connectivity index (χ2v) is 9.82. The van der Waals surface area contributed by atoms with Crippen LogP contribution < -0.4 is 10.6 Å². The van der Waals surface area contributed by atoms with Crippen molar-refractivity contribution in [3.8, 4) is 11.1 Å². The van der Waals surface area contributed by atoms with E-state index in [2.05, 4.69) is 22.8 Å². The van der Waals surface area contributed by atoms with E-state index in [4.69, 9.17) is 4.74 Å². The first-order valence-corrected chi connectivity index (χ1v) is 12.8. The summed E-state index contributed by atoms with van der Waals surface area (Å²) < 4.78 is 5.56. The first-order chi connectivity index (χ1) is 16.3. The van der Waals surface area contributed by atoms with Gasteiger partial charge in [0.1, 0.15) is 18.7 Å². The van der Waals surface area contributed by atoms with Gasteiger partial charge in [-0.05, 0) is 53.0 Å². The first kappa shape index (κ1) is 25.6. The third-order valence-electron chi connectivity index (χ3n) is 5.88. The molecule has 0 fully saturated rings. The van der Waals surface area contributed by atoms with Gasteiger partial charge in [-0.15, -0.1) is 0 Å². The van der Waals surface area contributed by atoms with Crippen LogP contribution in [0.1, 0.15) is 43.7 Å². The Kier molecular flexibility index (Phi) is 8.98. The summed E-state index contributed by atoms with van der Waals surface area (Å²) in [6.07, 6.45) is 1.88. The molecule has 0 aromatic heterocycles. The third-order valence-corrected chi connectivity index (χ3v) is 6.53. The molecule has 2 amide bonds. The van der Waals surface area contributed by atoms with Crippen LogP contribution in [0.15, 0.2) is 48.5 Å². The number of carboxylic acid groups (broad SMARTS) is 1. The summed E-state index contributed by atoms with van der Waals surface area (Å²) in [5.41, 5.74) is 4.47. The molecule has 1 aliphatic carbocycles. The topological polar surface area (TPSA) is 105 Å². The van der Waals surface area contributed by atoms with Crippen molar-refractivity contribution in [1.82, 2.24) is 10.6 Å². The number of carbonyl (C=O) groups excluding carboxylic acids is 2. The molecule has 0 aliphatic heterocycles. The number of carboxylic acids is 1. The summed E-state index contributed by atoms with van der Waals surface area (Å²) in [5, 5.41) is 14.7. The third kappa shape index (κ3) is 6.32. The Labute approximate surface area is 204 Å². The number of nitrogens with one attached hydrogen (secondary N) is 2. The molecule has 182 valence electrons. The summed E-state index contributed by atoms with van der Waals surface area (Å²) in [7, 11) is 0. The van der Waals surface area contributed by atoms with Gasteiger partial charge >= 0.3 is 12.1 Å².